The summed E-state index contributed by atoms with van der Waals surface area (Å²) in [6.45, 7) is 10.4. The highest BCUT2D eigenvalue weighted by atomic mass is 19.1. The van der Waals surface area contributed by atoms with Gasteiger partial charge in [-0.15, -0.1) is 0 Å². The summed E-state index contributed by atoms with van der Waals surface area (Å²) in [4.78, 5) is 29.3. The average molecular weight is 317 g/mol. The monoisotopic (exact) mass is 317 g/mol. The van der Waals surface area contributed by atoms with Crippen molar-refractivity contribution in [1.29, 1.82) is 0 Å². The maximum Gasteiger partial charge on any atom is 0.329 e. The van der Waals surface area contributed by atoms with Crippen LogP contribution in [0, 0.1) is 5.82 Å². The fourth-order valence-corrected chi connectivity index (χ4v) is 3.26. The van der Waals surface area contributed by atoms with Gasteiger partial charge in [0.1, 0.15) is 5.82 Å². The van der Waals surface area contributed by atoms with Gasteiger partial charge in [-0.2, -0.15) is 0 Å². The number of benzene rings is 1. The van der Waals surface area contributed by atoms with Crippen LogP contribution in [0.25, 0.3) is 0 Å². The molecule has 3 rings (SSSR count). The second kappa shape index (κ2) is 4.81. The second-order valence-electron chi connectivity index (χ2n) is 6.46. The molecule has 1 saturated heterocycles. The third-order valence-corrected chi connectivity index (χ3v) is 4.82. The molecule has 0 bridgehead atoms. The Morgan fingerprint density at radius 2 is 1.96 bits per heavy atom. The summed E-state index contributed by atoms with van der Waals surface area (Å²) in [5.41, 5.74) is 1.08. The van der Waals surface area contributed by atoms with Crippen LogP contribution in [0.5, 0.6) is 0 Å². The van der Waals surface area contributed by atoms with Gasteiger partial charge >= 0.3 is 6.03 Å². The lowest BCUT2D eigenvalue weighted by Gasteiger charge is -2.30. The van der Waals surface area contributed by atoms with Gasteiger partial charge in [0.05, 0.1) is 11.2 Å². The van der Waals surface area contributed by atoms with Crippen molar-refractivity contribution in [2.75, 3.05) is 18.5 Å². The lowest BCUT2D eigenvalue weighted by Crippen LogP contribution is -2.42. The van der Waals surface area contributed by atoms with Gasteiger partial charge in [-0.05, 0) is 38.5 Å². The summed E-state index contributed by atoms with van der Waals surface area (Å²) in [7, 11) is 1.61. The van der Waals surface area contributed by atoms with Crippen molar-refractivity contribution in [3.05, 3.63) is 41.4 Å². The van der Waals surface area contributed by atoms with Crippen LogP contribution in [0.4, 0.5) is 14.9 Å². The SMILES string of the molecule is C=C1N(C)C(=O)N(c2cc3c(cc2F)CN(CC)C3=O)C1(C)C. The normalized spacial score (nSPS) is 19.9. The van der Waals surface area contributed by atoms with Crippen molar-refractivity contribution in [3.8, 4) is 0 Å². The van der Waals surface area contributed by atoms with Crippen molar-refractivity contribution < 1.29 is 14.0 Å². The predicted octanol–water partition coefficient (Wildman–Crippen LogP) is 2.97. The molecule has 0 aliphatic carbocycles. The zero-order valence-electron chi connectivity index (χ0n) is 13.8. The molecule has 3 amide bonds. The Kier molecular flexibility index (Phi) is 3.25. The number of anilines is 1. The van der Waals surface area contributed by atoms with Gasteiger partial charge in [-0.1, -0.05) is 6.58 Å². The topological polar surface area (TPSA) is 43.9 Å². The largest absolute Gasteiger partial charge is 0.335 e. The Morgan fingerprint density at radius 1 is 1.30 bits per heavy atom. The Morgan fingerprint density at radius 3 is 2.48 bits per heavy atom. The lowest BCUT2D eigenvalue weighted by atomic mass is 9.99. The molecule has 0 radical (unpaired) electrons. The average Bonchev–Trinajstić information content (AvgIpc) is 2.87. The van der Waals surface area contributed by atoms with E-state index in [2.05, 4.69) is 6.58 Å². The Balaban J connectivity index is 2.13. The van der Waals surface area contributed by atoms with E-state index >= 15 is 0 Å². The first kappa shape index (κ1) is 15.5. The molecule has 0 aromatic heterocycles. The molecule has 1 aromatic carbocycles. The van der Waals surface area contributed by atoms with Crippen molar-refractivity contribution in [3.63, 3.8) is 0 Å². The van der Waals surface area contributed by atoms with Crippen LogP contribution in [0.15, 0.2) is 24.4 Å². The lowest BCUT2D eigenvalue weighted by molar-refractivity contribution is 0.0787. The molecule has 0 atom stereocenters. The van der Waals surface area contributed by atoms with Crippen LogP contribution in [0.1, 0.15) is 36.7 Å². The number of fused-ring (bicyclic) bond motifs is 1. The van der Waals surface area contributed by atoms with Crippen molar-refractivity contribution in [2.45, 2.75) is 32.9 Å². The smallest absolute Gasteiger partial charge is 0.329 e. The molecule has 6 heteroatoms. The quantitative estimate of drug-likeness (QED) is 0.842. The number of hydrogen-bond acceptors (Lipinski definition) is 2. The van der Waals surface area contributed by atoms with E-state index in [-0.39, 0.29) is 17.6 Å². The summed E-state index contributed by atoms with van der Waals surface area (Å²) < 4.78 is 14.7. The summed E-state index contributed by atoms with van der Waals surface area (Å²) in [6, 6.07) is 2.51. The first-order valence-electron chi connectivity index (χ1n) is 7.59. The van der Waals surface area contributed by atoms with E-state index in [1.165, 1.54) is 21.9 Å². The van der Waals surface area contributed by atoms with E-state index in [1.54, 1.807) is 11.9 Å². The Bertz CT molecular complexity index is 742. The molecular formula is C17H20FN3O2. The first-order chi connectivity index (χ1) is 10.7. The minimum Gasteiger partial charge on any atom is -0.335 e. The highest BCUT2D eigenvalue weighted by Crippen LogP contribution is 2.40. The number of rotatable bonds is 2. The summed E-state index contributed by atoms with van der Waals surface area (Å²) in [5, 5.41) is 0. The van der Waals surface area contributed by atoms with E-state index in [1.807, 2.05) is 20.8 Å². The number of likely N-dealkylation sites (N-methyl/N-ethyl adjacent to an activating group) is 1. The molecule has 0 N–H and O–H groups in total. The van der Waals surface area contributed by atoms with Crippen LogP contribution >= 0.6 is 0 Å². The van der Waals surface area contributed by atoms with Crippen molar-refractivity contribution in [2.24, 2.45) is 0 Å². The van der Waals surface area contributed by atoms with Gasteiger partial charge < -0.3 is 4.90 Å². The fraction of sp³-hybridized carbons (Fsp3) is 0.412. The highest BCUT2D eigenvalue weighted by Gasteiger charge is 2.47. The number of urea groups is 1. The second-order valence-corrected chi connectivity index (χ2v) is 6.46. The molecule has 0 spiro atoms. The van der Waals surface area contributed by atoms with E-state index in [0.29, 0.717) is 29.9 Å². The molecular weight excluding hydrogens is 297 g/mol. The maximum atomic E-state index is 14.7. The number of amides is 3. The van der Waals surface area contributed by atoms with E-state index in [4.69, 9.17) is 0 Å². The molecule has 23 heavy (non-hydrogen) atoms. The number of carbonyl (C=O) groups excluding carboxylic acids is 2. The van der Waals surface area contributed by atoms with Crippen LogP contribution < -0.4 is 4.90 Å². The zero-order chi connectivity index (χ0) is 17.1. The van der Waals surface area contributed by atoms with E-state index < -0.39 is 11.4 Å². The number of halogens is 1. The molecule has 2 aliphatic rings. The summed E-state index contributed by atoms with van der Waals surface area (Å²) in [5.74, 6) is -0.626. The molecule has 0 unspecified atom stereocenters. The van der Waals surface area contributed by atoms with Gasteiger partial charge in [-0.25, -0.2) is 9.18 Å². The van der Waals surface area contributed by atoms with Crippen LogP contribution in [-0.4, -0.2) is 40.9 Å². The predicted molar refractivity (Wildman–Crippen MR) is 85.7 cm³/mol. The van der Waals surface area contributed by atoms with Gasteiger partial charge in [0, 0.05) is 31.4 Å². The van der Waals surface area contributed by atoms with E-state index in [9.17, 15) is 14.0 Å². The molecule has 5 nitrogen and oxygen atoms in total. The van der Waals surface area contributed by atoms with Crippen LogP contribution in [0.3, 0.4) is 0 Å². The number of hydrogen-bond donors (Lipinski definition) is 0. The third-order valence-electron chi connectivity index (χ3n) is 4.82. The molecule has 0 saturated carbocycles. The molecule has 2 heterocycles. The number of nitrogens with zero attached hydrogens (tertiary/aromatic N) is 3. The number of carbonyl (C=O) groups is 2. The molecule has 1 fully saturated rings. The van der Waals surface area contributed by atoms with Crippen molar-refractivity contribution in [1.82, 2.24) is 9.80 Å². The van der Waals surface area contributed by atoms with Gasteiger partial charge in [0.25, 0.3) is 5.91 Å². The third kappa shape index (κ3) is 1.97. The molecule has 2 aliphatic heterocycles. The zero-order valence-corrected chi connectivity index (χ0v) is 13.8. The van der Waals surface area contributed by atoms with E-state index in [0.717, 1.165) is 0 Å². The van der Waals surface area contributed by atoms with Crippen molar-refractivity contribution >= 4 is 17.6 Å². The van der Waals surface area contributed by atoms with Gasteiger partial charge in [-0.3, -0.25) is 14.6 Å². The minimum absolute atomic E-state index is 0.121. The first-order valence-corrected chi connectivity index (χ1v) is 7.59. The maximum absolute atomic E-state index is 14.7. The fourth-order valence-electron chi connectivity index (χ4n) is 3.26. The van der Waals surface area contributed by atoms with Crippen LogP contribution in [-0.2, 0) is 6.54 Å². The van der Waals surface area contributed by atoms with Gasteiger partial charge in [0.2, 0.25) is 0 Å². The summed E-state index contributed by atoms with van der Waals surface area (Å²) in [6.07, 6.45) is 0. The summed E-state index contributed by atoms with van der Waals surface area (Å²) >= 11 is 0. The standard InChI is InChI=1S/C17H20FN3O2/c1-6-20-9-11-7-13(18)14(8-12(11)15(20)22)21-16(23)19(5)10(2)17(21,3)4/h7-8H,2,6,9H2,1,3-5H3. The van der Waals surface area contributed by atoms with Gasteiger partial charge in [0.15, 0.2) is 0 Å². The Hall–Kier alpha value is -2.37. The Labute approximate surface area is 135 Å². The van der Waals surface area contributed by atoms with Crippen LogP contribution in [0.2, 0.25) is 0 Å². The molecule has 122 valence electrons. The minimum atomic E-state index is -0.757. The highest BCUT2D eigenvalue weighted by molar-refractivity contribution is 6.03. The molecule has 1 aromatic rings.